The highest BCUT2D eigenvalue weighted by Gasteiger charge is 2.30. The molecule has 0 amide bonds. The summed E-state index contributed by atoms with van der Waals surface area (Å²) in [7, 11) is 1.83. The fraction of sp³-hybridized carbons (Fsp3) is 0.833. The van der Waals surface area contributed by atoms with Crippen molar-refractivity contribution in [3.63, 3.8) is 0 Å². The lowest BCUT2D eigenvalue weighted by atomic mass is 9.77. The van der Waals surface area contributed by atoms with Crippen LogP contribution in [-0.4, -0.2) is 20.1 Å². The number of aliphatic hydroxyl groups is 1. The van der Waals surface area contributed by atoms with E-state index in [4.69, 9.17) is 0 Å². The first kappa shape index (κ1) is 13.0. The summed E-state index contributed by atoms with van der Waals surface area (Å²) in [4.78, 5) is 0. The van der Waals surface area contributed by atoms with Gasteiger partial charge in [0.1, 0.15) is 11.8 Å². The predicted octanol–water partition coefficient (Wildman–Crippen LogP) is 2.83. The van der Waals surface area contributed by atoms with Crippen LogP contribution >= 0.6 is 15.9 Å². The Morgan fingerprint density at radius 3 is 2.88 bits per heavy atom. The van der Waals surface area contributed by atoms with Crippen LogP contribution in [0.4, 0.5) is 0 Å². The molecule has 0 spiro atoms. The summed E-state index contributed by atoms with van der Waals surface area (Å²) >= 11 is 3.36. The summed E-state index contributed by atoms with van der Waals surface area (Å²) in [5, 5.41) is 18.4. The van der Waals surface area contributed by atoms with E-state index >= 15 is 0 Å². The van der Waals surface area contributed by atoms with Crippen molar-refractivity contribution >= 4 is 15.9 Å². The highest BCUT2D eigenvalue weighted by atomic mass is 79.9. The normalized spacial score (nSPS) is 27.1. The maximum Gasteiger partial charge on any atom is 0.154 e. The number of hydrogen-bond acceptors (Lipinski definition) is 3. The van der Waals surface area contributed by atoms with Gasteiger partial charge >= 0.3 is 0 Å². The fourth-order valence-corrected chi connectivity index (χ4v) is 3.43. The van der Waals surface area contributed by atoms with Gasteiger partial charge in [-0.3, -0.25) is 0 Å². The summed E-state index contributed by atoms with van der Waals surface area (Å²) < 4.78 is 2.34. The molecule has 1 aromatic heterocycles. The van der Waals surface area contributed by atoms with E-state index in [1.807, 2.05) is 7.05 Å². The zero-order valence-electron chi connectivity index (χ0n) is 10.4. The number of halogens is 1. The molecule has 1 aliphatic rings. The second kappa shape index (κ2) is 5.48. The van der Waals surface area contributed by atoms with Crippen LogP contribution in [0.25, 0.3) is 0 Å². The van der Waals surface area contributed by atoms with E-state index in [0.29, 0.717) is 10.5 Å². The Bertz CT molecular complexity index is 360. The highest BCUT2D eigenvalue weighted by molar-refractivity contribution is 9.10. The lowest BCUT2D eigenvalue weighted by Gasteiger charge is -2.31. The second-order valence-corrected chi connectivity index (χ2v) is 5.79. The molecule has 4 nitrogen and oxygen atoms in total. The van der Waals surface area contributed by atoms with Gasteiger partial charge in [0, 0.05) is 7.05 Å². The Labute approximate surface area is 111 Å². The highest BCUT2D eigenvalue weighted by Crippen LogP contribution is 2.39. The number of hydrogen-bond donors (Lipinski definition) is 1. The van der Waals surface area contributed by atoms with Crippen LogP contribution in [0, 0.1) is 11.8 Å². The maximum absolute atomic E-state index is 10.5. The van der Waals surface area contributed by atoms with Crippen molar-refractivity contribution in [1.82, 2.24) is 15.0 Å². The molecule has 5 heteroatoms. The molecule has 0 aliphatic heterocycles. The summed E-state index contributed by atoms with van der Waals surface area (Å²) in [5.74, 6) is 1.12. The van der Waals surface area contributed by atoms with Gasteiger partial charge in [-0.2, -0.15) is 0 Å². The Morgan fingerprint density at radius 1 is 1.53 bits per heavy atom. The van der Waals surface area contributed by atoms with Crippen LogP contribution < -0.4 is 0 Å². The molecule has 0 bridgehead atoms. The standard InChI is InChI=1S/C12H20BrN3O/c1-3-8-5-4-6-9(7-8)11(17)10-12(13)14-15-16(10)2/h8-9,11,17H,3-7H2,1-2H3. The first-order chi connectivity index (χ1) is 8.13. The number of aromatic nitrogens is 3. The number of aliphatic hydroxyl groups excluding tert-OH is 1. The molecule has 2 rings (SSSR count). The molecule has 3 atom stereocenters. The van der Waals surface area contributed by atoms with Gasteiger partial charge in [0.05, 0.1) is 0 Å². The minimum absolute atomic E-state index is 0.349. The third kappa shape index (κ3) is 2.71. The molecule has 1 fully saturated rings. The largest absolute Gasteiger partial charge is 0.386 e. The van der Waals surface area contributed by atoms with E-state index in [2.05, 4.69) is 33.2 Å². The summed E-state index contributed by atoms with van der Waals surface area (Å²) in [6.45, 7) is 2.24. The zero-order chi connectivity index (χ0) is 12.4. The molecule has 1 saturated carbocycles. The molecule has 1 aromatic rings. The predicted molar refractivity (Wildman–Crippen MR) is 69.4 cm³/mol. The van der Waals surface area contributed by atoms with E-state index < -0.39 is 6.10 Å². The molecule has 3 unspecified atom stereocenters. The van der Waals surface area contributed by atoms with Gasteiger partial charge < -0.3 is 5.11 Å². The smallest absolute Gasteiger partial charge is 0.154 e. The van der Waals surface area contributed by atoms with Crippen LogP contribution in [0.3, 0.4) is 0 Å². The fourth-order valence-electron chi connectivity index (χ4n) is 2.87. The number of nitrogens with zero attached hydrogens (tertiary/aromatic N) is 3. The minimum Gasteiger partial charge on any atom is -0.386 e. The van der Waals surface area contributed by atoms with Crippen molar-refractivity contribution in [2.45, 2.75) is 45.1 Å². The van der Waals surface area contributed by atoms with Crippen molar-refractivity contribution in [1.29, 1.82) is 0 Å². The average molecular weight is 302 g/mol. The first-order valence-corrected chi connectivity index (χ1v) is 7.15. The Kier molecular flexibility index (Phi) is 4.20. The van der Waals surface area contributed by atoms with Gasteiger partial charge in [0.2, 0.25) is 0 Å². The van der Waals surface area contributed by atoms with Gasteiger partial charge in [-0.1, -0.05) is 31.4 Å². The lowest BCUT2D eigenvalue weighted by molar-refractivity contribution is 0.0610. The van der Waals surface area contributed by atoms with Gasteiger partial charge in [-0.15, -0.1) is 5.10 Å². The van der Waals surface area contributed by atoms with E-state index in [0.717, 1.165) is 24.5 Å². The topological polar surface area (TPSA) is 50.9 Å². The Morgan fingerprint density at radius 2 is 2.29 bits per heavy atom. The van der Waals surface area contributed by atoms with Gasteiger partial charge in [-0.25, -0.2) is 4.68 Å². The van der Waals surface area contributed by atoms with Crippen molar-refractivity contribution in [2.24, 2.45) is 18.9 Å². The molecular weight excluding hydrogens is 282 g/mol. The summed E-state index contributed by atoms with van der Waals surface area (Å²) in [5.41, 5.74) is 0.812. The maximum atomic E-state index is 10.5. The number of aryl methyl sites for hydroxylation is 1. The monoisotopic (exact) mass is 301 g/mol. The Balaban J connectivity index is 2.11. The van der Waals surface area contributed by atoms with Gasteiger partial charge in [0.25, 0.3) is 0 Å². The van der Waals surface area contributed by atoms with E-state index in [9.17, 15) is 5.11 Å². The molecule has 1 N–H and O–H groups in total. The van der Waals surface area contributed by atoms with Gasteiger partial charge in [0.15, 0.2) is 4.60 Å². The molecule has 1 aliphatic carbocycles. The average Bonchev–Trinajstić information content (AvgIpc) is 2.68. The molecule has 0 radical (unpaired) electrons. The van der Waals surface area contributed by atoms with Crippen LogP contribution in [0.15, 0.2) is 4.60 Å². The van der Waals surface area contributed by atoms with Crippen molar-refractivity contribution < 1.29 is 5.11 Å². The SMILES string of the molecule is CCC1CCCC(C(O)c2c(Br)nnn2C)C1. The second-order valence-electron chi connectivity index (χ2n) is 5.03. The van der Waals surface area contributed by atoms with E-state index in [1.54, 1.807) is 4.68 Å². The molecule has 1 heterocycles. The molecular formula is C12H20BrN3O. The molecule has 17 heavy (non-hydrogen) atoms. The van der Waals surface area contributed by atoms with Crippen LogP contribution in [0.5, 0.6) is 0 Å². The number of rotatable bonds is 3. The molecule has 0 aromatic carbocycles. The van der Waals surface area contributed by atoms with Crippen LogP contribution in [0.1, 0.15) is 50.8 Å². The van der Waals surface area contributed by atoms with Gasteiger partial charge in [-0.05, 0) is 40.6 Å². The van der Waals surface area contributed by atoms with Crippen LogP contribution in [-0.2, 0) is 7.05 Å². The summed E-state index contributed by atoms with van der Waals surface area (Å²) in [6, 6.07) is 0. The summed E-state index contributed by atoms with van der Waals surface area (Å²) in [6.07, 6.45) is 5.53. The van der Waals surface area contributed by atoms with Crippen LogP contribution in [0.2, 0.25) is 0 Å². The minimum atomic E-state index is -0.446. The third-order valence-corrected chi connectivity index (χ3v) is 4.52. The molecule has 0 saturated heterocycles. The lowest BCUT2D eigenvalue weighted by Crippen LogP contribution is -2.23. The quantitative estimate of drug-likeness (QED) is 0.934. The third-order valence-electron chi connectivity index (χ3n) is 3.95. The van der Waals surface area contributed by atoms with Crippen molar-refractivity contribution in [2.75, 3.05) is 0 Å². The molecule has 96 valence electrons. The zero-order valence-corrected chi connectivity index (χ0v) is 12.0. The Hall–Kier alpha value is -0.420. The first-order valence-electron chi connectivity index (χ1n) is 6.36. The van der Waals surface area contributed by atoms with Crippen molar-refractivity contribution in [3.8, 4) is 0 Å². The van der Waals surface area contributed by atoms with E-state index in [1.165, 1.54) is 19.3 Å². The van der Waals surface area contributed by atoms with E-state index in [-0.39, 0.29) is 0 Å². The van der Waals surface area contributed by atoms with Crippen molar-refractivity contribution in [3.05, 3.63) is 10.3 Å².